The average Bonchev–Trinajstić information content (AvgIpc) is 2.70. The molecular weight excluding hydrogens is 403 g/mol. The molecule has 0 unspecified atom stereocenters. The van der Waals surface area contributed by atoms with Crippen molar-refractivity contribution in [3.05, 3.63) is 63.6 Å². The number of hydrogen-bond acceptors (Lipinski definition) is 4. The summed E-state index contributed by atoms with van der Waals surface area (Å²) in [7, 11) is 0. The fourth-order valence-electron chi connectivity index (χ4n) is 2.26. The van der Waals surface area contributed by atoms with Gasteiger partial charge in [0.1, 0.15) is 5.75 Å². The van der Waals surface area contributed by atoms with Gasteiger partial charge in [0.2, 0.25) is 5.91 Å². The highest BCUT2D eigenvalue weighted by atomic mass is 35.5. The lowest BCUT2D eigenvalue weighted by atomic mass is 10.1. The van der Waals surface area contributed by atoms with E-state index in [1.165, 1.54) is 12.1 Å². The molecule has 0 aliphatic carbocycles. The third-order valence-electron chi connectivity index (χ3n) is 3.72. The second kappa shape index (κ2) is 10.7. The molecule has 2 rings (SSSR count). The molecule has 0 aliphatic rings. The van der Waals surface area contributed by atoms with Gasteiger partial charge >= 0.3 is 0 Å². The topological polar surface area (TPSA) is 84.5 Å². The minimum absolute atomic E-state index is 0.00872. The summed E-state index contributed by atoms with van der Waals surface area (Å²) >= 11 is 11.8. The zero-order chi connectivity index (χ0) is 20.5. The maximum absolute atomic E-state index is 12.2. The predicted molar refractivity (Wildman–Crippen MR) is 108 cm³/mol. The third-order valence-corrected chi connectivity index (χ3v) is 4.28. The first-order chi connectivity index (χ1) is 13.4. The molecular formula is C20H20Cl2N2O4. The molecule has 0 saturated carbocycles. The first kappa shape index (κ1) is 21.7. The fraction of sp³-hybridized carbons (Fsp3) is 0.250. The Labute approximate surface area is 173 Å². The van der Waals surface area contributed by atoms with Crippen molar-refractivity contribution in [3.63, 3.8) is 0 Å². The number of halogens is 2. The van der Waals surface area contributed by atoms with Crippen molar-refractivity contribution in [2.45, 2.75) is 26.2 Å². The molecule has 2 amide bonds. The smallest absolute Gasteiger partial charge is 0.271 e. The monoisotopic (exact) mass is 422 g/mol. The molecule has 0 spiro atoms. The lowest BCUT2D eigenvalue weighted by Gasteiger charge is -2.09. The van der Waals surface area contributed by atoms with Crippen LogP contribution in [0.2, 0.25) is 10.0 Å². The molecule has 8 heteroatoms. The maximum Gasteiger partial charge on any atom is 0.271 e. The SMILES string of the molecule is CCCOc1ccc(C(=O)CCC(=O)NNC(=O)c2cc(Cl)ccc2Cl)cc1. The van der Waals surface area contributed by atoms with Crippen LogP contribution in [0.4, 0.5) is 0 Å². The van der Waals surface area contributed by atoms with E-state index in [0.717, 1.165) is 6.42 Å². The Morgan fingerprint density at radius 1 is 0.964 bits per heavy atom. The van der Waals surface area contributed by atoms with E-state index in [4.69, 9.17) is 27.9 Å². The molecule has 0 radical (unpaired) electrons. The van der Waals surface area contributed by atoms with Gasteiger partial charge in [0.25, 0.3) is 5.91 Å². The Morgan fingerprint density at radius 3 is 2.36 bits per heavy atom. The number of rotatable bonds is 8. The zero-order valence-corrected chi connectivity index (χ0v) is 16.8. The summed E-state index contributed by atoms with van der Waals surface area (Å²) in [4.78, 5) is 36.1. The number of amides is 2. The molecule has 0 aliphatic heterocycles. The first-order valence-electron chi connectivity index (χ1n) is 8.71. The molecule has 2 aromatic carbocycles. The molecule has 0 heterocycles. The lowest BCUT2D eigenvalue weighted by Crippen LogP contribution is -2.41. The maximum atomic E-state index is 12.2. The zero-order valence-electron chi connectivity index (χ0n) is 15.3. The normalized spacial score (nSPS) is 10.2. The number of Topliss-reactive ketones (excluding diaryl/α,β-unsaturated/α-hetero) is 1. The molecule has 0 saturated heterocycles. The summed E-state index contributed by atoms with van der Waals surface area (Å²) in [5, 5.41) is 0.551. The summed E-state index contributed by atoms with van der Waals surface area (Å²) in [5.74, 6) is -0.586. The minimum Gasteiger partial charge on any atom is -0.494 e. The number of carbonyl (C=O) groups is 3. The van der Waals surface area contributed by atoms with Gasteiger partial charge in [-0.3, -0.25) is 25.2 Å². The van der Waals surface area contributed by atoms with E-state index in [1.807, 2.05) is 6.92 Å². The van der Waals surface area contributed by atoms with Gasteiger partial charge in [0, 0.05) is 23.4 Å². The van der Waals surface area contributed by atoms with Crippen molar-refractivity contribution in [1.29, 1.82) is 0 Å². The van der Waals surface area contributed by atoms with Crippen LogP contribution >= 0.6 is 23.2 Å². The van der Waals surface area contributed by atoms with Gasteiger partial charge in [0.05, 0.1) is 17.2 Å². The van der Waals surface area contributed by atoms with E-state index >= 15 is 0 Å². The highest BCUT2D eigenvalue weighted by Gasteiger charge is 2.13. The molecule has 0 bridgehead atoms. The summed E-state index contributed by atoms with van der Waals surface area (Å²) in [6, 6.07) is 11.2. The Kier molecular flexibility index (Phi) is 8.29. The van der Waals surface area contributed by atoms with Crippen LogP contribution in [0, 0.1) is 0 Å². The van der Waals surface area contributed by atoms with Crippen molar-refractivity contribution in [2.24, 2.45) is 0 Å². The van der Waals surface area contributed by atoms with Crippen molar-refractivity contribution in [3.8, 4) is 5.75 Å². The Morgan fingerprint density at radius 2 is 1.68 bits per heavy atom. The number of ether oxygens (including phenoxy) is 1. The number of nitrogens with one attached hydrogen (secondary N) is 2. The number of carbonyl (C=O) groups excluding carboxylic acids is 3. The van der Waals surface area contributed by atoms with Gasteiger partial charge in [-0.2, -0.15) is 0 Å². The van der Waals surface area contributed by atoms with E-state index in [2.05, 4.69) is 10.9 Å². The number of hydrazine groups is 1. The van der Waals surface area contributed by atoms with Gasteiger partial charge in [-0.1, -0.05) is 30.1 Å². The second-order valence-electron chi connectivity index (χ2n) is 5.92. The summed E-state index contributed by atoms with van der Waals surface area (Å²) in [6.07, 6.45) is 0.834. The summed E-state index contributed by atoms with van der Waals surface area (Å²) in [5.41, 5.74) is 5.13. The average molecular weight is 423 g/mol. The van der Waals surface area contributed by atoms with Crippen LogP contribution < -0.4 is 15.6 Å². The minimum atomic E-state index is -0.602. The molecule has 6 nitrogen and oxygen atoms in total. The van der Waals surface area contributed by atoms with E-state index in [-0.39, 0.29) is 29.2 Å². The predicted octanol–water partition coefficient (Wildman–Crippen LogP) is 4.21. The molecule has 2 N–H and O–H groups in total. The van der Waals surface area contributed by atoms with Crippen molar-refractivity contribution < 1.29 is 19.1 Å². The van der Waals surface area contributed by atoms with E-state index < -0.39 is 11.8 Å². The highest BCUT2D eigenvalue weighted by Crippen LogP contribution is 2.20. The van der Waals surface area contributed by atoms with Crippen molar-refractivity contribution in [2.75, 3.05) is 6.61 Å². The molecule has 0 atom stereocenters. The molecule has 0 fully saturated rings. The number of hydrogen-bond donors (Lipinski definition) is 2. The molecule has 148 valence electrons. The largest absolute Gasteiger partial charge is 0.494 e. The quantitative estimate of drug-likeness (QED) is 0.492. The van der Waals surface area contributed by atoms with Gasteiger partial charge in [-0.25, -0.2) is 0 Å². The van der Waals surface area contributed by atoms with Gasteiger partial charge in [-0.05, 0) is 48.9 Å². The van der Waals surface area contributed by atoms with Crippen molar-refractivity contribution >= 4 is 40.8 Å². The van der Waals surface area contributed by atoms with Crippen LogP contribution in [-0.2, 0) is 4.79 Å². The van der Waals surface area contributed by atoms with Gasteiger partial charge in [0.15, 0.2) is 5.78 Å². The fourth-order valence-corrected chi connectivity index (χ4v) is 2.63. The number of ketones is 1. The van der Waals surface area contributed by atoms with Gasteiger partial charge < -0.3 is 4.74 Å². The van der Waals surface area contributed by atoms with Crippen LogP contribution in [0.1, 0.15) is 46.9 Å². The molecule has 2 aromatic rings. The van der Waals surface area contributed by atoms with Crippen LogP contribution in [0.25, 0.3) is 0 Å². The first-order valence-corrected chi connectivity index (χ1v) is 9.46. The van der Waals surface area contributed by atoms with Crippen molar-refractivity contribution in [1.82, 2.24) is 10.9 Å². The number of benzene rings is 2. The van der Waals surface area contributed by atoms with Crippen LogP contribution in [0.15, 0.2) is 42.5 Å². The van der Waals surface area contributed by atoms with Crippen LogP contribution in [-0.4, -0.2) is 24.2 Å². The summed E-state index contributed by atoms with van der Waals surface area (Å²) < 4.78 is 5.46. The van der Waals surface area contributed by atoms with Gasteiger partial charge in [-0.15, -0.1) is 0 Å². The Hall–Kier alpha value is -2.57. The Bertz CT molecular complexity index is 854. The third kappa shape index (κ3) is 6.55. The second-order valence-corrected chi connectivity index (χ2v) is 6.77. The Balaban J connectivity index is 1.79. The van der Waals surface area contributed by atoms with Crippen LogP contribution in [0.5, 0.6) is 5.75 Å². The molecule has 0 aromatic heterocycles. The van der Waals surface area contributed by atoms with E-state index in [9.17, 15) is 14.4 Å². The lowest BCUT2D eigenvalue weighted by molar-refractivity contribution is -0.121. The summed E-state index contributed by atoms with van der Waals surface area (Å²) in [6.45, 7) is 2.62. The standard InChI is InChI=1S/C20H20Cl2N2O4/c1-2-11-28-15-6-3-13(4-7-15)18(25)9-10-19(26)23-24-20(27)16-12-14(21)5-8-17(16)22/h3-8,12H,2,9-11H2,1H3,(H,23,26)(H,24,27). The van der Waals surface area contributed by atoms with Crippen LogP contribution in [0.3, 0.4) is 0 Å². The highest BCUT2D eigenvalue weighted by molar-refractivity contribution is 6.35. The van der Waals surface area contributed by atoms with E-state index in [0.29, 0.717) is 22.9 Å². The van der Waals surface area contributed by atoms with E-state index in [1.54, 1.807) is 30.3 Å². The molecule has 28 heavy (non-hydrogen) atoms.